The van der Waals surface area contributed by atoms with Crippen LogP contribution in [0.25, 0.3) is 10.2 Å². The number of thiophene rings is 1. The maximum absolute atomic E-state index is 11.8. The third-order valence-electron chi connectivity index (χ3n) is 4.12. The number of hydrogen-bond acceptors (Lipinski definition) is 3. The van der Waals surface area contributed by atoms with Crippen LogP contribution in [0.1, 0.15) is 16.7 Å². The van der Waals surface area contributed by atoms with Gasteiger partial charge in [-0.2, -0.15) is 0 Å². The second-order valence-corrected chi connectivity index (χ2v) is 6.31. The van der Waals surface area contributed by atoms with Gasteiger partial charge in [0.05, 0.1) is 0 Å². The molecular weight excluding hydrogens is 302 g/mol. The van der Waals surface area contributed by atoms with Gasteiger partial charge in [-0.25, -0.2) is 4.98 Å². The maximum Gasteiger partial charge on any atom is 0.142 e. The minimum Gasteiger partial charge on any atom is -0.376 e. The highest BCUT2D eigenvalue weighted by Crippen LogP contribution is 2.41. The van der Waals surface area contributed by atoms with Gasteiger partial charge in [0, 0.05) is 22.5 Å². The van der Waals surface area contributed by atoms with Gasteiger partial charge in [0.2, 0.25) is 0 Å². The molecule has 23 heavy (non-hydrogen) atoms. The van der Waals surface area contributed by atoms with Gasteiger partial charge in [0.1, 0.15) is 10.4 Å². The summed E-state index contributed by atoms with van der Waals surface area (Å²) in [4.78, 5) is 5.35. The fraction of sp³-hybridized carbons (Fsp3) is 0.0500. The van der Waals surface area contributed by atoms with Gasteiger partial charge in [-0.15, -0.1) is 11.3 Å². The van der Waals surface area contributed by atoms with Crippen LogP contribution in [-0.4, -0.2) is 10.1 Å². The zero-order valence-corrected chi connectivity index (χ0v) is 13.2. The van der Waals surface area contributed by atoms with E-state index in [1.165, 1.54) is 0 Å². The van der Waals surface area contributed by atoms with Gasteiger partial charge in [0.15, 0.2) is 0 Å². The Kier molecular flexibility index (Phi) is 3.45. The van der Waals surface area contributed by atoms with Gasteiger partial charge < -0.3 is 5.11 Å². The molecule has 2 nitrogen and oxygen atoms in total. The summed E-state index contributed by atoms with van der Waals surface area (Å²) in [5, 5.41) is 14.8. The molecule has 0 radical (unpaired) electrons. The molecule has 4 rings (SSSR count). The molecule has 2 aromatic heterocycles. The highest BCUT2D eigenvalue weighted by molar-refractivity contribution is 7.16. The fourth-order valence-electron chi connectivity index (χ4n) is 2.98. The lowest BCUT2D eigenvalue weighted by Gasteiger charge is -2.29. The third kappa shape index (κ3) is 2.25. The monoisotopic (exact) mass is 317 g/mol. The van der Waals surface area contributed by atoms with E-state index in [4.69, 9.17) is 0 Å². The summed E-state index contributed by atoms with van der Waals surface area (Å²) in [5.41, 5.74) is 1.40. The smallest absolute Gasteiger partial charge is 0.142 e. The van der Waals surface area contributed by atoms with Crippen molar-refractivity contribution in [2.24, 2.45) is 0 Å². The van der Waals surface area contributed by atoms with Crippen molar-refractivity contribution in [2.45, 2.75) is 5.60 Å². The molecule has 112 valence electrons. The Morgan fingerprint density at radius 3 is 2.00 bits per heavy atom. The van der Waals surface area contributed by atoms with Crippen molar-refractivity contribution in [3.05, 3.63) is 101 Å². The maximum atomic E-state index is 11.8. The normalized spacial score (nSPS) is 11.7. The third-order valence-corrected chi connectivity index (χ3v) is 5.02. The zero-order chi connectivity index (χ0) is 15.7. The van der Waals surface area contributed by atoms with Crippen molar-refractivity contribution in [1.82, 2.24) is 4.98 Å². The Bertz CT molecular complexity index is 892. The van der Waals surface area contributed by atoms with Crippen molar-refractivity contribution in [3.63, 3.8) is 0 Å². The van der Waals surface area contributed by atoms with Gasteiger partial charge in [-0.3, -0.25) is 0 Å². The summed E-state index contributed by atoms with van der Waals surface area (Å²) in [6.45, 7) is 0. The average Bonchev–Trinajstić information content (AvgIpc) is 3.07. The van der Waals surface area contributed by atoms with Crippen LogP contribution >= 0.6 is 11.3 Å². The quantitative estimate of drug-likeness (QED) is 0.600. The summed E-state index contributed by atoms with van der Waals surface area (Å²) in [5.74, 6) is 0. The minimum absolute atomic E-state index is 0.856. The van der Waals surface area contributed by atoms with E-state index >= 15 is 0 Å². The average molecular weight is 317 g/mol. The number of rotatable bonds is 3. The molecular formula is C20H15NOS. The lowest BCUT2D eigenvalue weighted by Crippen LogP contribution is -2.28. The molecule has 0 atom stereocenters. The summed E-state index contributed by atoms with van der Waals surface area (Å²) in [7, 11) is 0. The summed E-state index contributed by atoms with van der Waals surface area (Å²) in [6.07, 6.45) is 1.78. The van der Waals surface area contributed by atoms with Gasteiger partial charge in [0.25, 0.3) is 0 Å². The van der Waals surface area contributed by atoms with Crippen molar-refractivity contribution in [2.75, 3.05) is 0 Å². The van der Waals surface area contributed by atoms with Gasteiger partial charge >= 0.3 is 0 Å². The molecule has 0 fully saturated rings. The van der Waals surface area contributed by atoms with E-state index in [1.54, 1.807) is 17.5 Å². The molecule has 2 heterocycles. The summed E-state index contributed by atoms with van der Waals surface area (Å²) in [6, 6.07) is 23.5. The zero-order valence-electron chi connectivity index (χ0n) is 12.4. The molecule has 0 saturated carbocycles. The van der Waals surface area contributed by atoms with Crippen LogP contribution in [0.3, 0.4) is 0 Å². The second kappa shape index (κ2) is 5.61. The SMILES string of the molecule is OC(c1ccccc1)(c1ccccc1)c1csc2ncccc12. The van der Waals surface area contributed by atoms with Crippen LogP contribution in [0.5, 0.6) is 0 Å². The van der Waals surface area contributed by atoms with E-state index in [1.807, 2.05) is 78.2 Å². The van der Waals surface area contributed by atoms with E-state index in [-0.39, 0.29) is 0 Å². The first-order valence-corrected chi connectivity index (χ1v) is 8.34. The Morgan fingerprint density at radius 2 is 1.39 bits per heavy atom. The van der Waals surface area contributed by atoms with Crippen LogP contribution in [0, 0.1) is 0 Å². The van der Waals surface area contributed by atoms with Crippen molar-refractivity contribution in [3.8, 4) is 0 Å². The number of aromatic nitrogens is 1. The largest absolute Gasteiger partial charge is 0.376 e. The first kappa shape index (κ1) is 14.1. The lowest BCUT2D eigenvalue weighted by molar-refractivity contribution is 0.127. The van der Waals surface area contributed by atoms with Crippen molar-refractivity contribution in [1.29, 1.82) is 0 Å². The number of benzene rings is 2. The number of hydrogen-bond donors (Lipinski definition) is 1. The molecule has 0 saturated heterocycles. The minimum atomic E-state index is -1.19. The fourth-order valence-corrected chi connectivity index (χ4v) is 3.94. The van der Waals surface area contributed by atoms with Crippen LogP contribution in [-0.2, 0) is 5.60 Å². The molecule has 3 heteroatoms. The molecule has 4 aromatic rings. The highest BCUT2D eigenvalue weighted by atomic mass is 32.1. The van der Waals surface area contributed by atoms with E-state index in [2.05, 4.69) is 4.98 Å². The van der Waals surface area contributed by atoms with E-state index in [9.17, 15) is 5.11 Å². The number of nitrogens with zero attached hydrogens (tertiary/aromatic N) is 1. The van der Waals surface area contributed by atoms with Crippen molar-refractivity contribution >= 4 is 21.6 Å². The van der Waals surface area contributed by atoms with Crippen LogP contribution in [0.2, 0.25) is 0 Å². The van der Waals surface area contributed by atoms with Crippen LogP contribution in [0.4, 0.5) is 0 Å². The Labute approximate surface area is 138 Å². The lowest BCUT2D eigenvalue weighted by atomic mass is 9.80. The molecule has 0 aliphatic carbocycles. The topological polar surface area (TPSA) is 33.1 Å². The Hall–Kier alpha value is -2.49. The van der Waals surface area contributed by atoms with Gasteiger partial charge in [-0.05, 0) is 23.3 Å². The molecule has 0 bridgehead atoms. The Morgan fingerprint density at radius 1 is 0.783 bits per heavy atom. The number of pyridine rings is 1. The van der Waals surface area contributed by atoms with E-state index in [0.29, 0.717) is 0 Å². The number of aliphatic hydroxyl groups is 1. The van der Waals surface area contributed by atoms with Crippen LogP contribution in [0.15, 0.2) is 84.4 Å². The summed E-state index contributed by atoms with van der Waals surface area (Å²) < 4.78 is 0. The number of fused-ring (bicyclic) bond motifs is 1. The van der Waals surface area contributed by atoms with Crippen molar-refractivity contribution < 1.29 is 5.11 Å². The van der Waals surface area contributed by atoms with Gasteiger partial charge in [-0.1, -0.05) is 60.7 Å². The Balaban J connectivity index is 2.04. The first-order chi connectivity index (χ1) is 11.3. The molecule has 0 unspecified atom stereocenters. The predicted molar refractivity (Wildman–Crippen MR) is 94.6 cm³/mol. The second-order valence-electron chi connectivity index (χ2n) is 5.45. The standard InChI is InChI=1S/C20H15NOS/c22-20(15-8-3-1-4-9-15,16-10-5-2-6-11-16)18-14-23-19-17(18)12-7-13-21-19/h1-14,22H. The molecule has 0 aliphatic heterocycles. The first-order valence-electron chi connectivity index (χ1n) is 7.46. The predicted octanol–water partition coefficient (Wildman–Crippen LogP) is 4.58. The molecule has 1 N–H and O–H groups in total. The molecule has 0 amide bonds. The molecule has 0 spiro atoms. The molecule has 0 aliphatic rings. The molecule has 2 aromatic carbocycles. The van der Waals surface area contributed by atoms with Crippen LogP contribution < -0.4 is 0 Å². The van der Waals surface area contributed by atoms with E-state index < -0.39 is 5.60 Å². The highest BCUT2D eigenvalue weighted by Gasteiger charge is 2.35. The summed E-state index contributed by atoms with van der Waals surface area (Å²) >= 11 is 1.56. The van der Waals surface area contributed by atoms with E-state index in [0.717, 1.165) is 26.9 Å².